The molecule has 0 amide bonds. The van der Waals surface area contributed by atoms with Gasteiger partial charge >= 0.3 is 0 Å². The summed E-state index contributed by atoms with van der Waals surface area (Å²) < 4.78 is 0. The number of rotatable bonds is 9. The highest BCUT2D eigenvalue weighted by Crippen LogP contribution is 2.29. The van der Waals surface area contributed by atoms with E-state index in [1.54, 1.807) is 0 Å². The van der Waals surface area contributed by atoms with Crippen LogP contribution in [0.1, 0.15) is 82.0 Å². The van der Waals surface area contributed by atoms with Gasteiger partial charge in [0, 0.05) is 17.5 Å². The quantitative estimate of drug-likeness (QED) is 0.478. The summed E-state index contributed by atoms with van der Waals surface area (Å²) in [6.07, 6.45) is 16.2. The van der Waals surface area contributed by atoms with Crippen LogP contribution in [0, 0.1) is 5.92 Å². The van der Waals surface area contributed by atoms with Gasteiger partial charge in [-0.2, -0.15) is 0 Å². The van der Waals surface area contributed by atoms with E-state index in [0.717, 1.165) is 23.7 Å². The molecule has 0 saturated heterocycles. The lowest BCUT2D eigenvalue weighted by Gasteiger charge is -2.24. The highest BCUT2D eigenvalue weighted by atomic mass is 14.9. The molecule has 26 heavy (non-hydrogen) atoms. The third-order valence-corrected chi connectivity index (χ3v) is 5.75. The first-order chi connectivity index (χ1) is 12.8. The molecule has 2 heteroatoms. The van der Waals surface area contributed by atoms with Gasteiger partial charge in [-0.05, 0) is 49.1 Å². The SMILES string of the molecule is CCCCCCC1CCc2nc(-c3ccc(CCCC)cc3)ncc2C1. The molecule has 1 atom stereocenters. The van der Waals surface area contributed by atoms with Gasteiger partial charge in [0.1, 0.15) is 0 Å². The van der Waals surface area contributed by atoms with E-state index < -0.39 is 0 Å². The van der Waals surface area contributed by atoms with Crippen LogP contribution in [-0.4, -0.2) is 9.97 Å². The van der Waals surface area contributed by atoms with E-state index >= 15 is 0 Å². The van der Waals surface area contributed by atoms with Gasteiger partial charge in [0.2, 0.25) is 0 Å². The van der Waals surface area contributed by atoms with E-state index in [2.05, 4.69) is 49.3 Å². The Kier molecular flexibility index (Phi) is 7.22. The first kappa shape index (κ1) is 19.1. The maximum absolute atomic E-state index is 4.91. The Hall–Kier alpha value is -1.70. The number of unbranched alkanes of at least 4 members (excludes halogenated alkanes) is 4. The second-order valence-corrected chi connectivity index (χ2v) is 7.92. The number of hydrogen-bond acceptors (Lipinski definition) is 2. The molecule has 1 heterocycles. The molecule has 0 bridgehead atoms. The van der Waals surface area contributed by atoms with Crippen molar-refractivity contribution >= 4 is 0 Å². The molecule has 3 rings (SSSR count). The lowest BCUT2D eigenvalue weighted by Crippen LogP contribution is -2.16. The van der Waals surface area contributed by atoms with Gasteiger partial charge in [-0.3, -0.25) is 0 Å². The minimum atomic E-state index is 0.839. The lowest BCUT2D eigenvalue weighted by atomic mass is 9.84. The van der Waals surface area contributed by atoms with Crippen molar-refractivity contribution in [3.05, 3.63) is 47.3 Å². The fourth-order valence-corrected chi connectivity index (χ4v) is 4.03. The Labute approximate surface area is 159 Å². The minimum absolute atomic E-state index is 0.839. The van der Waals surface area contributed by atoms with E-state index in [-0.39, 0.29) is 0 Å². The van der Waals surface area contributed by atoms with Crippen molar-refractivity contribution in [1.29, 1.82) is 0 Å². The molecule has 2 nitrogen and oxygen atoms in total. The molecule has 0 saturated carbocycles. The third kappa shape index (κ3) is 5.16. The van der Waals surface area contributed by atoms with Crippen molar-refractivity contribution in [3.8, 4) is 11.4 Å². The fraction of sp³-hybridized carbons (Fsp3) is 0.583. The van der Waals surface area contributed by atoms with Crippen LogP contribution in [0.25, 0.3) is 11.4 Å². The smallest absolute Gasteiger partial charge is 0.159 e. The second-order valence-electron chi connectivity index (χ2n) is 7.92. The number of nitrogens with zero attached hydrogens (tertiary/aromatic N) is 2. The normalized spacial score (nSPS) is 16.5. The minimum Gasteiger partial charge on any atom is -0.236 e. The number of benzene rings is 1. The zero-order chi connectivity index (χ0) is 18.2. The molecule has 1 aromatic carbocycles. The molecule has 1 aromatic heterocycles. The molecule has 0 radical (unpaired) electrons. The van der Waals surface area contributed by atoms with Crippen LogP contribution in [0.3, 0.4) is 0 Å². The molecule has 0 spiro atoms. The predicted octanol–water partition coefficient (Wildman–Crippen LogP) is 6.56. The summed E-state index contributed by atoms with van der Waals surface area (Å²) in [5, 5.41) is 0. The van der Waals surface area contributed by atoms with Crippen molar-refractivity contribution in [2.75, 3.05) is 0 Å². The summed E-state index contributed by atoms with van der Waals surface area (Å²) in [5.41, 5.74) is 5.24. The first-order valence-electron chi connectivity index (χ1n) is 10.7. The molecule has 140 valence electrons. The van der Waals surface area contributed by atoms with Crippen molar-refractivity contribution in [2.45, 2.75) is 84.5 Å². The van der Waals surface area contributed by atoms with Gasteiger partial charge in [-0.1, -0.05) is 76.6 Å². The van der Waals surface area contributed by atoms with Gasteiger partial charge in [0.15, 0.2) is 5.82 Å². The fourth-order valence-electron chi connectivity index (χ4n) is 4.03. The first-order valence-corrected chi connectivity index (χ1v) is 10.7. The number of fused-ring (bicyclic) bond motifs is 1. The van der Waals surface area contributed by atoms with Crippen LogP contribution >= 0.6 is 0 Å². The van der Waals surface area contributed by atoms with Crippen molar-refractivity contribution in [2.24, 2.45) is 5.92 Å². The Balaban J connectivity index is 1.61. The monoisotopic (exact) mass is 350 g/mol. The molecule has 1 unspecified atom stereocenters. The summed E-state index contributed by atoms with van der Waals surface area (Å²) in [6.45, 7) is 4.52. The maximum Gasteiger partial charge on any atom is 0.159 e. The lowest BCUT2D eigenvalue weighted by molar-refractivity contribution is 0.401. The molecule has 0 aliphatic heterocycles. The Morgan fingerprint density at radius 3 is 2.54 bits per heavy atom. The third-order valence-electron chi connectivity index (χ3n) is 5.75. The Morgan fingerprint density at radius 2 is 1.77 bits per heavy atom. The maximum atomic E-state index is 4.91. The molecule has 0 N–H and O–H groups in total. The van der Waals surface area contributed by atoms with Crippen molar-refractivity contribution in [1.82, 2.24) is 9.97 Å². The summed E-state index contributed by atoms with van der Waals surface area (Å²) in [6, 6.07) is 8.85. The summed E-state index contributed by atoms with van der Waals surface area (Å²) in [4.78, 5) is 9.60. The molecule has 0 fully saturated rings. The zero-order valence-corrected chi connectivity index (χ0v) is 16.6. The molecule has 2 aromatic rings. The van der Waals surface area contributed by atoms with E-state index in [9.17, 15) is 0 Å². The van der Waals surface area contributed by atoms with E-state index in [1.165, 1.54) is 81.0 Å². The van der Waals surface area contributed by atoms with Crippen molar-refractivity contribution in [3.63, 3.8) is 0 Å². The van der Waals surface area contributed by atoms with Gasteiger partial charge in [-0.25, -0.2) is 9.97 Å². The highest BCUT2D eigenvalue weighted by Gasteiger charge is 2.20. The second kappa shape index (κ2) is 9.85. The van der Waals surface area contributed by atoms with Crippen LogP contribution in [0.4, 0.5) is 0 Å². The zero-order valence-electron chi connectivity index (χ0n) is 16.6. The van der Waals surface area contributed by atoms with E-state index in [4.69, 9.17) is 4.98 Å². The average Bonchev–Trinajstić information content (AvgIpc) is 2.69. The summed E-state index contributed by atoms with van der Waals surface area (Å²) >= 11 is 0. The van der Waals surface area contributed by atoms with Gasteiger partial charge in [-0.15, -0.1) is 0 Å². The topological polar surface area (TPSA) is 25.8 Å². The summed E-state index contributed by atoms with van der Waals surface area (Å²) in [5.74, 6) is 1.74. The van der Waals surface area contributed by atoms with E-state index in [1.807, 2.05) is 0 Å². The Bertz CT molecular complexity index is 675. The van der Waals surface area contributed by atoms with Gasteiger partial charge < -0.3 is 0 Å². The number of aromatic nitrogens is 2. The largest absolute Gasteiger partial charge is 0.236 e. The van der Waals surface area contributed by atoms with E-state index in [0.29, 0.717) is 0 Å². The standard InChI is InChI=1S/C24H34N2/c1-3-5-7-8-10-20-13-16-23-22(17-20)18-25-24(26-23)21-14-11-19(12-15-21)9-6-4-2/h11-12,14-15,18,20H,3-10,13,16-17H2,1-2H3. The van der Waals surface area contributed by atoms with Crippen LogP contribution in [0.2, 0.25) is 0 Å². The molecular weight excluding hydrogens is 316 g/mol. The van der Waals surface area contributed by atoms with Crippen molar-refractivity contribution < 1.29 is 0 Å². The van der Waals surface area contributed by atoms with Crippen LogP contribution in [0.5, 0.6) is 0 Å². The molecular formula is C24H34N2. The van der Waals surface area contributed by atoms with Crippen LogP contribution in [-0.2, 0) is 19.3 Å². The highest BCUT2D eigenvalue weighted by molar-refractivity contribution is 5.55. The van der Waals surface area contributed by atoms with Gasteiger partial charge in [0.25, 0.3) is 0 Å². The van der Waals surface area contributed by atoms with Crippen LogP contribution < -0.4 is 0 Å². The molecule has 1 aliphatic rings. The average molecular weight is 351 g/mol. The summed E-state index contributed by atoms with van der Waals surface area (Å²) in [7, 11) is 0. The number of aryl methyl sites for hydroxylation is 2. The Morgan fingerprint density at radius 1 is 0.962 bits per heavy atom. The molecule has 1 aliphatic carbocycles. The van der Waals surface area contributed by atoms with Crippen LogP contribution in [0.15, 0.2) is 30.5 Å². The van der Waals surface area contributed by atoms with Gasteiger partial charge in [0.05, 0.1) is 0 Å². The number of hydrogen-bond donors (Lipinski definition) is 0. The predicted molar refractivity (Wildman–Crippen MR) is 110 cm³/mol.